The number of hydrogen-bond acceptors (Lipinski definition) is 3. The first-order valence-electron chi connectivity index (χ1n) is 16.3. The van der Waals surface area contributed by atoms with Crippen molar-refractivity contribution >= 4 is 5.97 Å². The van der Waals surface area contributed by atoms with Gasteiger partial charge in [0.05, 0.1) is 12.2 Å². The molecule has 0 aromatic rings. The van der Waals surface area contributed by atoms with Gasteiger partial charge in [-0.2, -0.15) is 0 Å². The molecule has 1 saturated heterocycles. The van der Waals surface area contributed by atoms with Gasteiger partial charge in [-0.25, -0.2) is 0 Å². The van der Waals surface area contributed by atoms with Crippen LogP contribution in [0.4, 0.5) is 0 Å². The Balaban J connectivity index is 1.35. The largest absolute Gasteiger partial charge is 0.459 e. The lowest BCUT2D eigenvalue weighted by Gasteiger charge is -2.64. The van der Waals surface area contributed by atoms with Crippen LogP contribution in [0, 0.1) is 68.0 Å². The summed E-state index contributed by atoms with van der Waals surface area (Å²) < 4.78 is 13.2. The van der Waals surface area contributed by atoms with Crippen molar-refractivity contribution in [1.82, 2.24) is 0 Å². The van der Waals surface area contributed by atoms with Gasteiger partial charge in [-0.1, -0.05) is 69.2 Å². The summed E-state index contributed by atoms with van der Waals surface area (Å²) in [4.78, 5) is 12.1. The molecule has 0 radical (unpaired) electrons. The van der Waals surface area contributed by atoms with Crippen LogP contribution in [0.2, 0.25) is 0 Å². The standard InChI is InChI=1S/C35H58O3/c1-20-18-24(29(30(5,6)7)37-23(4)36)38-28-22(3)33(11)26-13-12-25-31(8,9)21(2)14-15-34(25)19-35(26,34)17-16-32(33,10)27(20)28/h20-22,24-29H,12-19H2,1-11H3/t20-,21?,22+,24-,25-,26+,27+,28-,29+,32-,33+,34-,35+/m1/s1. The topological polar surface area (TPSA) is 35.5 Å². The molecule has 0 bridgehead atoms. The third-order valence-electron chi connectivity index (χ3n) is 15.4. The fourth-order valence-electron chi connectivity index (χ4n) is 13.2. The number of carbonyl (C=O) groups excluding carboxylic acids is 1. The predicted molar refractivity (Wildman–Crippen MR) is 153 cm³/mol. The highest BCUT2D eigenvalue weighted by Gasteiger charge is 2.84. The Morgan fingerprint density at radius 1 is 0.921 bits per heavy atom. The molecule has 3 nitrogen and oxygen atoms in total. The predicted octanol–water partition coefficient (Wildman–Crippen LogP) is 8.69. The Bertz CT molecular complexity index is 994. The maximum absolute atomic E-state index is 12.1. The van der Waals surface area contributed by atoms with E-state index in [0.717, 1.165) is 24.2 Å². The van der Waals surface area contributed by atoms with Gasteiger partial charge in [-0.05, 0) is 114 Å². The average Bonchev–Trinajstić information content (AvgIpc) is 3.44. The van der Waals surface area contributed by atoms with Crippen LogP contribution in [-0.2, 0) is 14.3 Å². The van der Waals surface area contributed by atoms with Gasteiger partial charge in [0.1, 0.15) is 6.10 Å². The summed E-state index contributed by atoms with van der Waals surface area (Å²) in [7, 11) is 0. The van der Waals surface area contributed by atoms with Gasteiger partial charge in [0.2, 0.25) is 0 Å². The van der Waals surface area contributed by atoms with Gasteiger partial charge >= 0.3 is 5.97 Å². The molecule has 216 valence electrons. The van der Waals surface area contributed by atoms with Crippen LogP contribution in [0.1, 0.15) is 128 Å². The zero-order valence-corrected chi connectivity index (χ0v) is 26.6. The van der Waals surface area contributed by atoms with Crippen molar-refractivity contribution < 1.29 is 14.3 Å². The maximum Gasteiger partial charge on any atom is 0.303 e. The normalized spacial score (nSPS) is 55.4. The lowest BCUT2D eigenvalue weighted by Crippen LogP contribution is -2.58. The highest BCUT2D eigenvalue weighted by atomic mass is 16.6. The van der Waals surface area contributed by atoms with Crippen LogP contribution in [0.5, 0.6) is 0 Å². The van der Waals surface area contributed by atoms with Crippen LogP contribution >= 0.6 is 0 Å². The van der Waals surface area contributed by atoms with Crippen LogP contribution in [0.15, 0.2) is 0 Å². The molecule has 6 rings (SSSR count). The maximum atomic E-state index is 12.1. The SMILES string of the molecule is CC(=O)O[C@@H]([C@H]1C[C@@H](C)[C@H]2[C@H](O1)[C@H](C)[C@@]1(C)[C@@H]3CC[C@@H]4C(C)(C)C(C)CC[C@@]45C[C@@]35CC[C@]21C)C(C)(C)C. The number of ether oxygens (including phenoxy) is 2. The molecule has 3 heteroatoms. The van der Waals surface area contributed by atoms with E-state index in [0.29, 0.717) is 44.8 Å². The summed E-state index contributed by atoms with van der Waals surface area (Å²) in [6, 6.07) is 0. The van der Waals surface area contributed by atoms with Crippen molar-refractivity contribution in [3.8, 4) is 0 Å². The van der Waals surface area contributed by atoms with Gasteiger partial charge < -0.3 is 9.47 Å². The summed E-state index contributed by atoms with van der Waals surface area (Å²) in [6.07, 6.45) is 11.2. The summed E-state index contributed by atoms with van der Waals surface area (Å²) in [6.45, 7) is 26.4. The van der Waals surface area contributed by atoms with Crippen molar-refractivity contribution in [2.45, 2.75) is 146 Å². The Kier molecular flexibility index (Phi) is 5.84. The fraction of sp³-hybridized carbons (Fsp3) is 0.971. The molecule has 5 aliphatic carbocycles. The van der Waals surface area contributed by atoms with Crippen molar-refractivity contribution in [3.05, 3.63) is 0 Å². The van der Waals surface area contributed by atoms with E-state index < -0.39 is 0 Å². The fourth-order valence-corrected chi connectivity index (χ4v) is 13.2. The van der Waals surface area contributed by atoms with E-state index >= 15 is 0 Å². The lowest BCUT2D eigenvalue weighted by atomic mass is 9.40. The quantitative estimate of drug-likeness (QED) is 0.338. The summed E-state index contributed by atoms with van der Waals surface area (Å²) in [5.74, 6) is 4.13. The lowest BCUT2D eigenvalue weighted by molar-refractivity contribution is -0.198. The third-order valence-corrected chi connectivity index (χ3v) is 15.4. The highest BCUT2D eigenvalue weighted by molar-refractivity contribution is 5.66. The van der Waals surface area contributed by atoms with Crippen molar-refractivity contribution in [2.75, 3.05) is 0 Å². The molecule has 0 amide bonds. The molecule has 13 atom stereocenters. The number of carbonyl (C=O) groups is 1. The molecule has 0 aromatic carbocycles. The minimum atomic E-state index is -0.196. The summed E-state index contributed by atoms with van der Waals surface area (Å²) in [5.41, 5.74) is 2.17. The number of rotatable bonds is 2. The number of hydrogen-bond donors (Lipinski definition) is 0. The molecule has 1 unspecified atom stereocenters. The van der Waals surface area contributed by atoms with Crippen LogP contribution in [0.25, 0.3) is 0 Å². The number of fused-ring (bicyclic) bond motifs is 4. The second-order valence-electron chi connectivity index (χ2n) is 17.7. The molecule has 0 N–H and O–H groups in total. The highest BCUT2D eigenvalue weighted by Crippen LogP contribution is 2.90. The minimum Gasteiger partial charge on any atom is -0.459 e. The van der Waals surface area contributed by atoms with Gasteiger partial charge in [-0.15, -0.1) is 0 Å². The van der Waals surface area contributed by atoms with E-state index in [9.17, 15) is 4.79 Å². The van der Waals surface area contributed by atoms with Crippen LogP contribution in [0.3, 0.4) is 0 Å². The molecular formula is C35H58O3. The van der Waals surface area contributed by atoms with Crippen LogP contribution < -0.4 is 0 Å². The second kappa shape index (κ2) is 8.04. The third kappa shape index (κ3) is 3.15. The monoisotopic (exact) mass is 526 g/mol. The molecular weight excluding hydrogens is 468 g/mol. The Labute approximate surface area is 234 Å². The van der Waals surface area contributed by atoms with Crippen LogP contribution in [-0.4, -0.2) is 24.3 Å². The molecule has 2 spiro atoms. The molecule has 1 heterocycles. The van der Waals surface area contributed by atoms with E-state index in [4.69, 9.17) is 9.47 Å². The van der Waals surface area contributed by atoms with E-state index in [1.807, 2.05) is 0 Å². The molecule has 1 aliphatic heterocycles. The van der Waals surface area contributed by atoms with Crippen molar-refractivity contribution in [2.24, 2.45) is 68.0 Å². The summed E-state index contributed by atoms with van der Waals surface area (Å²) >= 11 is 0. The Morgan fingerprint density at radius 2 is 1.55 bits per heavy atom. The van der Waals surface area contributed by atoms with Gasteiger partial charge in [0.15, 0.2) is 0 Å². The van der Waals surface area contributed by atoms with Gasteiger partial charge in [-0.3, -0.25) is 4.79 Å². The summed E-state index contributed by atoms with van der Waals surface area (Å²) in [5, 5.41) is 0. The molecule has 0 aromatic heterocycles. The smallest absolute Gasteiger partial charge is 0.303 e. The first-order chi connectivity index (χ1) is 17.5. The van der Waals surface area contributed by atoms with E-state index in [1.54, 1.807) is 6.92 Å². The second-order valence-corrected chi connectivity index (χ2v) is 17.7. The van der Waals surface area contributed by atoms with E-state index in [2.05, 4.69) is 69.2 Å². The van der Waals surface area contributed by atoms with Gasteiger partial charge in [0.25, 0.3) is 0 Å². The zero-order chi connectivity index (χ0) is 27.8. The first-order valence-corrected chi connectivity index (χ1v) is 16.3. The molecule has 6 fully saturated rings. The van der Waals surface area contributed by atoms with Gasteiger partial charge in [0, 0.05) is 12.3 Å². The minimum absolute atomic E-state index is 0.0115. The zero-order valence-electron chi connectivity index (χ0n) is 26.6. The van der Waals surface area contributed by atoms with E-state index in [-0.39, 0.29) is 29.7 Å². The number of esters is 1. The molecule has 6 aliphatic rings. The Hall–Kier alpha value is -0.570. The molecule has 38 heavy (non-hydrogen) atoms. The van der Waals surface area contributed by atoms with E-state index in [1.165, 1.54) is 44.9 Å². The van der Waals surface area contributed by atoms with Crippen molar-refractivity contribution in [1.29, 1.82) is 0 Å². The first kappa shape index (κ1) is 27.6. The Morgan fingerprint density at radius 3 is 2.18 bits per heavy atom. The van der Waals surface area contributed by atoms with Crippen molar-refractivity contribution in [3.63, 3.8) is 0 Å². The average molecular weight is 527 g/mol. The molecule has 5 saturated carbocycles.